The molecule has 1 aromatic carbocycles. The van der Waals surface area contributed by atoms with Crippen molar-refractivity contribution in [3.8, 4) is 0 Å². The minimum absolute atomic E-state index is 0.200. The van der Waals surface area contributed by atoms with Gasteiger partial charge < -0.3 is 16.4 Å². The first kappa shape index (κ1) is 13.4. The lowest BCUT2D eigenvalue weighted by Crippen LogP contribution is -2.43. The molecule has 1 aromatic rings. The number of aryl methyl sites for hydroxylation is 2. The summed E-state index contributed by atoms with van der Waals surface area (Å²) in [7, 11) is 0. The van der Waals surface area contributed by atoms with Crippen LogP contribution in [0.3, 0.4) is 0 Å². The number of rotatable bonds is 1. The molecule has 2 amide bonds. The molecule has 17 heavy (non-hydrogen) atoms. The summed E-state index contributed by atoms with van der Waals surface area (Å²) in [6.07, 6.45) is 0. The molecular weight excluding hydrogens is 214 g/mol. The van der Waals surface area contributed by atoms with E-state index in [9.17, 15) is 4.79 Å². The number of carbonyl (C=O) groups excluding carboxylic acids is 1. The van der Waals surface area contributed by atoms with Crippen molar-refractivity contribution < 1.29 is 4.79 Å². The number of amides is 2. The molecule has 0 unspecified atom stereocenters. The van der Waals surface area contributed by atoms with Crippen molar-refractivity contribution in [3.05, 3.63) is 23.3 Å². The third-order valence-electron chi connectivity index (χ3n) is 2.28. The van der Waals surface area contributed by atoms with E-state index in [2.05, 4.69) is 10.6 Å². The number of nitrogen functional groups attached to an aromatic ring is 1. The Hall–Kier alpha value is -1.71. The van der Waals surface area contributed by atoms with Crippen LogP contribution in [0, 0.1) is 13.8 Å². The Morgan fingerprint density at radius 3 is 2.06 bits per heavy atom. The number of carbonyl (C=O) groups is 1. The first-order valence-electron chi connectivity index (χ1n) is 5.65. The van der Waals surface area contributed by atoms with Gasteiger partial charge in [0, 0.05) is 16.9 Å². The van der Waals surface area contributed by atoms with Crippen LogP contribution >= 0.6 is 0 Å². The first-order valence-corrected chi connectivity index (χ1v) is 5.65. The Balaban J connectivity index is 2.86. The van der Waals surface area contributed by atoms with Crippen LogP contribution in [0.25, 0.3) is 0 Å². The van der Waals surface area contributed by atoms with E-state index in [0.717, 1.165) is 16.8 Å². The number of benzene rings is 1. The second-order valence-electron chi connectivity index (χ2n) is 5.36. The highest BCUT2D eigenvalue weighted by Gasteiger charge is 2.15. The van der Waals surface area contributed by atoms with Gasteiger partial charge in [-0.3, -0.25) is 0 Å². The SMILES string of the molecule is Cc1cc(N)cc(C)c1NC(=O)NC(C)(C)C. The van der Waals surface area contributed by atoms with Crippen LogP contribution in [-0.4, -0.2) is 11.6 Å². The Morgan fingerprint density at radius 2 is 1.65 bits per heavy atom. The van der Waals surface area contributed by atoms with E-state index in [1.165, 1.54) is 0 Å². The molecule has 0 aromatic heterocycles. The summed E-state index contributed by atoms with van der Waals surface area (Å²) in [6, 6.07) is 3.49. The summed E-state index contributed by atoms with van der Waals surface area (Å²) in [5, 5.41) is 5.71. The van der Waals surface area contributed by atoms with Gasteiger partial charge in [0.05, 0.1) is 0 Å². The van der Waals surface area contributed by atoms with Crippen molar-refractivity contribution in [2.75, 3.05) is 11.1 Å². The second kappa shape index (κ2) is 4.65. The molecule has 0 aliphatic rings. The van der Waals surface area contributed by atoms with Crippen molar-refractivity contribution in [3.63, 3.8) is 0 Å². The minimum atomic E-state index is -0.250. The highest BCUT2D eigenvalue weighted by molar-refractivity contribution is 5.91. The summed E-state index contributed by atoms with van der Waals surface area (Å²) in [5.74, 6) is 0. The molecule has 0 radical (unpaired) electrons. The normalized spacial score (nSPS) is 11.1. The summed E-state index contributed by atoms with van der Waals surface area (Å²) < 4.78 is 0. The van der Waals surface area contributed by atoms with Gasteiger partial charge in [0.1, 0.15) is 0 Å². The number of hydrogen-bond donors (Lipinski definition) is 3. The van der Waals surface area contributed by atoms with Gasteiger partial charge >= 0.3 is 6.03 Å². The Morgan fingerprint density at radius 1 is 1.18 bits per heavy atom. The molecule has 0 aliphatic carbocycles. The van der Waals surface area contributed by atoms with Crippen LogP contribution < -0.4 is 16.4 Å². The highest BCUT2D eigenvalue weighted by Crippen LogP contribution is 2.23. The molecule has 0 fully saturated rings. The molecule has 0 heterocycles. The van der Waals surface area contributed by atoms with Crippen LogP contribution in [-0.2, 0) is 0 Å². The summed E-state index contributed by atoms with van der Waals surface area (Å²) >= 11 is 0. The second-order valence-corrected chi connectivity index (χ2v) is 5.36. The van der Waals surface area contributed by atoms with Gasteiger partial charge in [-0.1, -0.05) is 0 Å². The van der Waals surface area contributed by atoms with E-state index in [-0.39, 0.29) is 11.6 Å². The molecule has 0 spiro atoms. The third kappa shape index (κ3) is 3.98. The van der Waals surface area contributed by atoms with Crippen molar-refractivity contribution in [2.45, 2.75) is 40.2 Å². The molecule has 0 atom stereocenters. The van der Waals surface area contributed by atoms with Gasteiger partial charge in [0.15, 0.2) is 0 Å². The lowest BCUT2D eigenvalue weighted by molar-refractivity contribution is 0.244. The summed E-state index contributed by atoms with van der Waals surface area (Å²) in [5.41, 5.74) is 8.94. The average molecular weight is 235 g/mol. The average Bonchev–Trinajstić information content (AvgIpc) is 2.08. The van der Waals surface area contributed by atoms with E-state index in [0.29, 0.717) is 5.69 Å². The molecule has 1 rings (SSSR count). The Labute approximate surface area is 103 Å². The van der Waals surface area contributed by atoms with E-state index in [4.69, 9.17) is 5.73 Å². The van der Waals surface area contributed by atoms with Crippen LogP contribution in [0.15, 0.2) is 12.1 Å². The number of nitrogens with two attached hydrogens (primary N) is 1. The van der Waals surface area contributed by atoms with Gasteiger partial charge in [-0.25, -0.2) is 4.79 Å². The zero-order chi connectivity index (χ0) is 13.2. The van der Waals surface area contributed by atoms with Gasteiger partial charge in [-0.05, 0) is 57.9 Å². The molecule has 0 aliphatic heterocycles. The zero-order valence-electron chi connectivity index (χ0n) is 11.1. The van der Waals surface area contributed by atoms with Crippen LogP contribution in [0.2, 0.25) is 0 Å². The molecule has 4 N–H and O–H groups in total. The molecule has 0 saturated heterocycles. The van der Waals surface area contributed by atoms with Crippen molar-refractivity contribution in [2.24, 2.45) is 0 Å². The number of anilines is 2. The van der Waals surface area contributed by atoms with Crippen molar-refractivity contribution >= 4 is 17.4 Å². The van der Waals surface area contributed by atoms with Gasteiger partial charge in [0.2, 0.25) is 0 Å². The molecule has 0 bridgehead atoms. The maximum Gasteiger partial charge on any atom is 0.319 e. The number of nitrogens with one attached hydrogen (secondary N) is 2. The maximum atomic E-state index is 11.8. The van der Waals surface area contributed by atoms with Crippen LogP contribution in [0.1, 0.15) is 31.9 Å². The Kier molecular flexibility index (Phi) is 3.66. The molecular formula is C13H21N3O. The Bertz CT molecular complexity index is 410. The fourth-order valence-electron chi connectivity index (χ4n) is 1.68. The van der Waals surface area contributed by atoms with Crippen molar-refractivity contribution in [1.29, 1.82) is 0 Å². The van der Waals surface area contributed by atoms with Gasteiger partial charge in [-0.2, -0.15) is 0 Å². The van der Waals surface area contributed by atoms with E-state index in [1.807, 2.05) is 46.8 Å². The van der Waals surface area contributed by atoms with Crippen LogP contribution in [0.4, 0.5) is 16.2 Å². The predicted octanol–water partition coefficient (Wildman–Crippen LogP) is 2.81. The zero-order valence-corrected chi connectivity index (χ0v) is 11.1. The summed E-state index contributed by atoms with van der Waals surface area (Å²) in [6.45, 7) is 9.67. The number of hydrogen-bond acceptors (Lipinski definition) is 2. The molecule has 94 valence electrons. The third-order valence-corrected chi connectivity index (χ3v) is 2.28. The van der Waals surface area contributed by atoms with Gasteiger partial charge in [-0.15, -0.1) is 0 Å². The predicted molar refractivity (Wildman–Crippen MR) is 72.2 cm³/mol. The van der Waals surface area contributed by atoms with E-state index >= 15 is 0 Å². The van der Waals surface area contributed by atoms with E-state index < -0.39 is 0 Å². The topological polar surface area (TPSA) is 67.1 Å². The fourth-order valence-corrected chi connectivity index (χ4v) is 1.68. The molecule has 0 saturated carbocycles. The number of urea groups is 1. The molecule has 4 nitrogen and oxygen atoms in total. The molecule has 4 heteroatoms. The van der Waals surface area contributed by atoms with Gasteiger partial charge in [0.25, 0.3) is 0 Å². The van der Waals surface area contributed by atoms with E-state index in [1.54, 1.807) is 0 Å². The first-order chi connectivity index (χ1) is 7.69. The monoisotopic (exact) mass is 235 g/mol. The van der Waals surface area contributed by atoms with Crippen molar-refractivity contribution in [1.82, 2.24) is 5.32 Å². The highest BCUT2D eigenvalue weighted by atomic mass is 16.2. The summed E-state index contributed by atoms with van der Waals surface area (Å²) in [4.78, 5) is 11.8. The smallest absolute Gasteiger partial charge is 0.319 e. The van der Waals surface area contributed by atoms with Crippen LogP contribution in [0.5, 0.6) is 0 Å². The largest absolute Gasteiger partial charge is 0.399 e. The quantitative estimate of drug-likeness (QED) is 0.655. The lowest BCUT2D eigenvalue weighted by atomic mass is 10.1. The standard InChI is InChI=1S/C13H21N3O/c1-8-6-10(14)7-9(2)11(8)15-12(17)16-13(3,4)5/h6-7H,14H2,1-5H3,(H2,15,16,17). The maximum absolute atomic E-state index is 11.8. The fraction of sp³-hybridized carbons (Fsp3) is 0.462. The lowest BCUT2D eigenvalue weighted by Gasteiger charge is -2.22. The minimum Gasteiger partial charge on any atom is -0.399 e.